The monoisotopic (exact) mass is 409 g/mol. The Morgan fingerprint density at radius 1 is 0.967 bits per heavy atom. The summed E-state index contributed by atoms with van der Waals surface area (Å²) in [6.45, 7) is 4.56. The topological polar surface area (TPSA) is 69.9 Å². The van der Waals surface area contributed by atoms with Gasteiger partial charge in [0.1, 0.15) is 23.0 Å². The summed E-state index contributed by atoms with van der Waals surface area (Å²) in [5.41, 5.74) is 4.28. The number of amides is 1. The highest BCUT2D eigenvalue weighted by atomic mass is 16.5. The van der Waals surface area contributed by atoms with Crippen LogP contribution in [-0.2, 0) is 13.0 Å². The third kappa shape index (κ3) is 4.59. The summed E-state index contributed by atoms with van der Waals surface area (Å²) >= 11 is 0. The van der Waals surface area contributed by atoms with Crippen molar-refractivity contribution < 1.29 is 23.4 Å². The highest BCUT2D eigenvalue weighted by molar-refractivity contribution is 5.91. The molecule has 0 radical (unpaired) electrons. The Balaban J connectivity index is 1.73. The molecule has 0 aliphatic carbocycles. The van der Waals surface area contributed by atoms with Gasteiger partial charge >= 0.3 is 0 Å². The molecule has 1 heterocycles. The fraction of sp³-hybridized carbons (Fsp3) is 0.292. The number of ether oxygens (including phenoxy) is 3. The number of nitrogens with one attached hydrogen (secondary N) is 1. The van der Waals surface area contributed by atoms with E-state index in [0.717, 1.165) is 11.1 Å². The van der Waals surface area contributed by atoms with E-state index in [9.17, 15) is 4.79 Å². The second kappa shape index (κ2) is 9.39. The molecule has 2 aromatic carbocycles. The zero-order chi connectivity index (χ0) is 21.7. The molecule has 30 heavy (non-hydrogen) atoms. The summed E-state index contributed by atoms with van der Waals surface area (Å²) in [5.74, 6) is 2.54. The van der Waals surface area contributed by atoms with Crippen molar-refractivity contribution in [1.29, 1.82) is 0 Å². The van der Waals surface area contributed by atoms with Gasteiger partial charge in [-0.2, -0.15) is 0 Å². The van der Waals surface area contributed by atoms with E-state index in [4.69, 9.17) is 18.6 Å². The van der Waals surface area contributed by atoms with Crippen molar-refractivity contribution in [2.45, 2.75) is 26.8 Å². The first-order chi connectivity index (χ1) is 14.5. The average molecular weight is 409 g/mol. The molecule has 0 saturated carbocycles. The first-order valence-corrected chi connectivity index (χ1v) is 9.67. The fourth-order valence-electron chi connectivity index (χ4n) is 3.29. The van der Waals surface area contributed by atoms with E-state index in [0.29, 0.717) is 36.0 Å². The summed E-state index contributed by atoms with van der Waals surface area (Å²) in [7, 11) is 4.77. The van der Waals surface area contributed by atoms with Crippen LogP contribution in [0.4, 0.5) is 0 Å². The Morgan fingerprint density at radius 3 is 2.30 bits per heavy atom. The maximum absolute atomic E-state index is 12.5. The predicted octanol–water partition coefficient (Wildman–Crippen LogP) is 4.44. The molecule has 158 valence electrons. The number of carbonyl (C=O) groups excluding carboxylic acids is 1. The fourth-order valence-corrected chi connectivity index (χ4v) is 3.29. The van der Waals surface area contributed by atoms with Gasteiger partial charge in [-0.25, -0.2) is 0 Å². The van der Waals surface area contributed by atoms with Gasteiger partial charge in [0.2, 0.25) is 0 Å². The van der Waals surface area contributed by atoms with E-state index in [1.807, 2.05) is 12.1 Å². The molecule has 0 atom stereocenters. The molecule has 1 amide bonds. The van der Waals surface area contributed by atoms with E-state index in [1.54, 1.807) is 45.6 Å². The number of hydrogen-bond acceptors (Lipinski definition) is 5. The van der Waals surface area contributed by atoms with Crippen molar-refractivity contribution >= 4 is 5.91 Å². The Labute approximate surface area is 176 Å². The molecule has 3 rings (SSSR count). The number of hydrogen-bond donors (Lipinski definition) is 1. The van der Waals surface area contributed by atoms with Crippen molar-refractivity contribution in [2.24, 2.45) is 0 Å². The molecule has 6 heteroatoms. The van der Waals surface area contributed by atoms with Crippen LogP contribution in [0.1, 0.15) is 38.6 Å². The highest BCUT2D eigenvalue weighted by Crippen LogP contribution is 2.35. The third-order valence-electron chi connectivity index (χ3n) is 5.21. The van der Waals surface area contributed by atoms with Crippen LogP contribution < -0.4 is 19.5 Å². The van der Waals surface area contributed by atoms with Crippen LogP contribution in [0.15, 0.2) is 46.9 Å². The van der Waals surface area contributed by atoms with Crippen molar-refractivity contribution in [3.63, 3.8) is 0 Å². The van der Waals surface area contributed by atoms with E-state index < -0.39 is 0 Å². The van der Waals surface area contributed by atoms with Crippen molar-refractivity contribution in [2.75, 3.05) is 21.3 Å². The smallest absolute Gasteiger partial charge is 0.287 e. The second-order valence-electron chi connectivity index (χ2n) is 6.99. The van der Waals surface area contributed by atoms with Crippen LogP contribution in [0.25, 0.3) is 0 Å². The Bertz CT molecular complexity index is 1010. The number of benzene rings is 2. The van der Waals surface area contributed by atoms with Gasteiger partial charge in [-0.1, -0.05) is 18.2 Å². The molecule has 1 N–H and O–H groups in total. The largest absolute Gasteiger partial charge is 0.496 e. The van der Waals surface area contributed by atoms with E-state index in [1.165, 1.54) is 11.1 Å². The van der Waals surface area contributed by atoms with Gasteiger partial charge in [0.05, 0.1) is 21.3 Å². The minimum Gasteiger partial charge on any atom is -0.496 e. The van der Waals surface area contributed by atoms with Crippen LogP contribution in [0.3, 0.4) is 0 Å². The summed E-state index contributed by atoms with van der Waals surface area (Å²) in [5, 5.41) is 2.92. The number of aryl methyl sites for hydroxylation is 1. The lowest BCUT2D eigenvalue weighted by atomic mass is 10.0. The first-order valence-electron chi connectivity index (χ1n) is 9.67. The molecular formula is C24H27NO5. The van der Waals surface area contributed by atoms with Crippen molar-refractivity contribution in [3.05, 3.63) is 76.2 Å². The molecule has 0 fully saturated rings. The lowest BCUT2D eigenvalue weighted by Crippen LogP contribution is -2.22. The lowest BCUT2D eigenvalue weighted by molar-refractivity contribution is 0.0921. The van der Waals surface area contributed by atoms with Crippen LogP contribution in [-0.4, -0.2) is 27.2 Å². The molecule has 0 saturated heterocycles. The van der Waals surface area contributed by atoms with Gasteiger partial charge in [0, 0.05) is 30.7 Å². The lowest BCUT2D eigenvalue weighted by Gasteiger charge is -2.14. The van der Waals surface area contributed by atoms with Gasteiger partial charge in [-0.3, -0.25) is 4.79 Å². The Morgan fingerprint density at radius 2 is 1.67 bits per heavy atom. The van der Waals surface area contributed by atoms with Gasteiger partial charge in [-0.15, -0.1) is 0 Å². The maximum Gasteiger partial charge on any atom is 0.287 e. The standard InChI is InChI=1S/C24H27NO5/c1-15-7-6-8-17(16(15)2)14-25-24(26)21-10-9-18(30-21)11-20-22(28-4)12-19(27-3)13-23(20)29-5/h6-10,12-13H,11,14H2,1-5H3,(H,25,26). The second-order valence-corrected chi connectivity index (χ2v) is 6.99. The number of rotatable bonds is 8. The molecule has 0 unspecified atom stereocenters. The summed E-state index contributed by atoms with van der Waals surface area (Å²) < 4.78 is 22.0. The van der Waals surface area contributed by atoms with Crippen LogP contribution >= 0.6 is 0 Å². The normalized spacial score (nSPS) is 10.6. The van der Waals surface area contributed by atoms with E-state index >= 15 is 0 Å². The van der Waals surface area contributed by atoms with E-state index in [2.05, 4.69) is 25.2 Å². The number of carbonyl (C=O) groups is 1. The molecule has 0 spiro atoms. The molecule has 1 aromatic heterocycles. The Hall–Kier alpha value is -3.41. The average Bonchev–Trinajstić information content (AvgIpc) is 3.23. The SMILES string of the molecule is COc1cc(OC)c(Cc2ccc(C(=O)NCc3cccc(C)c3C)o2)c(OC)c1. The van der Waals surface area contributed by atoms with Gasteiger partial charge in [0.15, 0.2) is 5.76 Å². The highest BCUT2D eigenvalue weighted by Gasteiger charge is 2.17. The third-order valence-corrected chi connectivity index (χ3v) is 5.21. The van der Waals surface area contributed by atoms with Crippen LogP contribution in [0.5, 0.6) is 17.2 Å². The number of furan rings is 1. The summed E-state index contributed by atoms with van der Waals surface area (Å²) in [6, 6.07) is 13.1. The summed E-state index contributed by atoms with van der Waals surface area (Å²) in [4.78, 5) is 12.5. The quantitative estimate of drug-likeness (QED) is 0.596. The number of methoxy groups -OCH3 is 3. The molecule has 0 aliphatic rings. The van der Waals surface area contributed by atoms with Crippen LogP contribution in [0.2, 0.25) is 0 Å². The zero-order valence-electron chi connectivity index (χ0n) is 18.0. The molecular weight excluding hydrogens is 382 g/mol. The molecule has 6 nitrogen and oxygen atoms in total. The maximum atomic E-state index is 12.5. The minimum atomic E-state index is -0.254. The molecule has 3 aromatic rings. The van der Waals surface area contributed by atoms with Gasteiger partial charge in [-0.05, 0) is 42.7 Å². The van der Waals surface area contributed by atoms with Crippen LogP contribution in [0, 0.1) is 13.8 Å². The molecule has 0 aliphatic heterocycles. The van der Waals surface area contributed by atoms with E-state index in [-0.39, 0.29) is 11.7 Å². The molecule has 0 bridgehead atoms. The van der Waals surface area contributed by atoms with Crippen molar-refractivity contribution in [3.8, 4) is 17.2 Å². The van der Waals surface area contributed by atoms with Gasteiger partial charge < -0.3 is 23.9 Å². The summed E-state index contributed by atoms with van der Waals surface area (Å²) in [6.07, 6.45) is 0.417. The first kappa shape index (κ1) is 21.3. The predicted molar refractivity (Wildman–Crippen MR) is 115 cm³/mol. The zero-order valence-corrected chi connectivity index (χ0v) is 18.0. The minimum absolute atomic E-state index is 0.254. The van der Waals surface area contributed by atoms with Crippen molar-refractivity contribution in [1.82, 2.24) is 5.32 Å². The van der Waals surface area contributed by atoms with Gasteiger partial charge in [0.25, 0.3) is 5.91 Å². The Kier molecular flexibility index (Phi) is 6.67.